The third-order valence-corrected chi connectivity index (χ3v) is 1.48. The molecule has 4 N–H and O–H groups in total. The van der Waals surface area contributed by atoms with E-state index in [1.54, 1.807) is 0 Å². The molecule has 0 amide bonds. The third-order valence-electron chi connectivity index (χ3n) is 1.48. The second kappa shape index (κ2) is 6.72. The number of hydrogen-bond acceptors (Lipinski definition) is 8. The van der Waals surface area contributed by atoms with Gasteiger partial charge in [0, 0.05) is 0 Å². The number of rotatable bonds is 5. The molecular weight excluding hydrogens is 255 g/mol. The minimum atomic E-state index is -2.50. The Balaban J connectivity index is 0. The minimum absolute atomic E-state index is 0. The van der Waals surface area contributed by atoms with Crippen LogP contribution in [0.1, 0.15) is 0 Å². The van der Waals surface area contributed by atoms with Crippen LogP contribution in [0.5, 0.6) is 0 Å². The van der Waals surface area contributed by atoms with E-state index >= 15 is 0 Å². The summed E-state index contributed by atoms with van der Waals surface area (Å²) in [4.78, 5) is 19.9. The molecule has 4 atom stereocenters. The van der Waals surface area contributed by atoms with Gasteiger partial charge in [0.15, 0.2) is 0 Å². The van der Waals surface area contributed by atoms with Gasteiger partial charge in [-0.1, -0.05) is 0 Å². The number of aliphatic hydroxyl groups excluding tert-OH is 4. The molecule has 0 aliphatic carbocycles. The summed E-state index contributed by atoms with van der Waals surface area (Å²) in [5, 5.41) is 54.7. The van der Waals surface area contributed by atoms with Crippen LogP contribution in [0.2, 0.25) is 0 Å². The molecule has 0 unspecified atom stereocenters. The maximum absolute atomic E-state index is 9.96. The van der Waals surface area contributed by atoms with E-state index < -0.39 is 36.4 Å². The third kappa shape index (κ3) is 4.56. The van der Waals surface area contributed by atoms with Gasteiger partial charge in [-0.25, -0.2) is 0 Å². The van der Waals surface area contributed by atoms with E-state index in [1.807, 2.05) is 0 Å². The number of hydrogen-bond donors (Lipinski definition) is 4. The SMILES string of the molecule is O=C([O-])[C@@H](O)[C@@H](O)[C@H](O)[C@@H](O)C(=O)[O-].[Mn+2]. The molecule has 9 heteroatoms. The van der Waals surface area contributed by atoms with Crippen LogP contribution in [-0.4, -0.2) is 56.8 Å². The number of carbonyl (C=O) groups excluding carboxylic acids is 2. The molecule has 0 aromatic carbocycles. The van der Waals surface area contributed by atoms with E-state index in [2.05, 4.69) is 0 Å². The fraction of sp³-hybridized carbons (Fsp3) is 0.667. The second-order valence-electron chi connectivity index (χ2n) is 2.51. The Morgan fingerprint density at radius 2 is 1.00 bits per heavy atom. The second-order valence-corrected chi connectivity index (χ2v) is 2.51. The molecule has 0 spiro atoms. The molecule has 0 heterocycles. The van der Waals surface area contributed by atoms with Gasteiger partial charge in [0.05, 0.1) is 11.9 Å². The summed E-state index contributed by atoms with van der Waals surface area (Å²) in [7, 11) is 0. The van der Waals surface area contributed by atoms with Crippen LogP contribution in [0.3, 0.4) is 0 Å². The van der Waals surface area contributed by atoms with Gasteiger partial charge in [0.1, 0.15) is 24.4 Å². The first kappa shape index (κ1) is 16.7. The van der Waals surface area contributed by atoms with Crippen molar-refractivity contribution >= 4 is 11.9 Å². The maximum atomic E-state index is 9.96. The minimum Gasteiger partial charge on any atom is -0.547 e. The van der Waals surface area contributed by atoms with Gasteiger partial charge in [0.25, 0.3) is 0 Å². The molecule has 0 fully saturated rings. The largest absolute Gasteiger partial charge is 2.00 e. The molecule has 15 heavy (non-hydrogen) atoms. The molecular formula is C6H8MnO8. The summed E-state index contributed by atoms with van der Waals surface area (Å²) < 4.78 is 0. The van der Waals surface area contributed by atoms with Crippen LogP contribution >= 0.6 is 0 Å². The van der Waals surface area contributed by atoms with Gasteiger partial charge in [-0.15, -0.1) is 0 Å². The van der Waals surface area contributed by atoms with Gasteiger partial charge >= 0.3 is 17.1 Å². The van der Waals surface area contributed by atoms with Gasteiger partial charge < -0.3 is 40.2 Å². The molecule has 87 valence electrons. The average molecular weight is 263 g/mol. The smallest absolute Gasteiger partial charge is 0.547 e. The van der Waals surface area contributed by atoms with Crippen LogP contribution < -0.4 is 10.2 Å². The van der Waals surface area contributed by atoms with Gasteiger partial charge in [0.2, 0.25) is 0 Å². The fourth-order valence-electron chi connectivity index (χ4n) is 0.652. The molecule has 0 aliphatic heterocycles. The quantitative estimate of drug-likeness (QED) is 0.356. The Labute approximate surface area is 94.2 Å². The summed E-state index contributed by atoms with van der Waals surface area (Å²) in [5.74, 6) is -4.22. The van der Waals surface area contributed by atoms with Gasteiger partial charge in [-0.2, -0.15) is 0 Å². The number of carbonyl (C=O) groups is 2. The Bertz CT molecular complexity index is 207. The average Bonchev–Trinajstić information content (AvgIpc) is 2.12. The Kier molecular flexibility index (Phi) is 7.49. The topological polar surface area (TPSA) is 161 Å². The summed E-state index contributed by atoms with van der Waals surface area (Å²) in [6.45, 7) is 0. The van der Waals surface area contributed by atoms with Crippen molar-refractivity contribution in [1.29, 1.82) is 0 Å². The first-order valence-corrected chi connectivity index (χ1v) is 3.43. The van der Waals surface area contributed by atoms with Crippen molar-refractivity contribution in [2.75, 3.05) is 0 Å². The zero-order valence-electron chi connectivity index (χ0n) is 7.11. The molecule has 0 bridgehead atoms. The van der Waals surface area contributed by atoms with Crippen molar-refractivity contribution in [2.24, 2.45) is 0 Å². The Hall–Kier alpha value is -0.701. The molecule has 0 aromatic rings. The van der Waals surface area contributed by atoms with Crippen LogP contribution in [0.4, 0.5) is 0 Å². The molecule has 0 rings (SSSR count). The predicted octanol–water partition coefficient (Wildman–Crippen LogP) is -6.07. The van der Waals surface area contributed by atoms with Crippen molar-refractivity contribution in [3.05, 3.63) is 0 Å². The van der Waals surface area contributed by atoms with E-state index in [0.717, 1.165) is 0 Å². The predicted molar refractivity (Wildman–Crippen MR) is 34.0 cm³/mol. The van der Waals surface area contributed by atoms with Gasteiger partial charge in [-0.3, -0.25) is 0 Å². The van der Waals surface area contributed by atoms with E-state index in [0.29, 0.717) is 0 Å². The summed E-state index contributed by atoms with van der Waals surface area (Å²) >= 11 is 0. The zero-order valence-corrected chi connectivity index (χ0v) is 8.29. The van der Waals surface area contributed by atoms with Crippen molar-refractivity contribution in [1.82, 2.24) is 0 Å². The van der Waals surface area contributed by atoms with E-state index in [1.165, 1.54) is 0 Å². The summed E-state index contributed by atoms with van der Waals surface area (Å²) in [6, 6.07) is 0. The van der Waals surface area contributed by atoms with E-state index in [4.69, 9.17) is 20.4 Å². The number of aliphatic carboxylic acids is 2. The van der Waals surface area contributed by atoms with Crippen LogP contribution in [0.25, 0.3) is 0 Å². The summed E-state index contributed by atoms with van der Waals surface area (Å²) in [6.07, 6.45) is -9.76. The first-order chi connectivity index (χ1) is 6.29. The van der Waals surface area contributed by atoms with Crippen LogP contribution in [0, 0.1) is 0 Å². The zero-order chi connectivity index (χ0) is 11.5. The first-order valence-electron chi connectivity index (χ1n) is 3.43. The molecule has 0 saturated carbocycles. The normalized spacial score (nSPS) is 18.1. The molecule has 0 aliphatic rings. The molecule has 8 nitrogen and oxygen atoms in total. The van der Waals surface area contributed by atoms with Gasteiger partial charge in [-0.05, 0) is 0 Å². The van der Waals surface area contributed by atoms with E-state index in [-0.39, 0.29) is 17.1 Å². The van der Waals surface area contributed by atoms with Crippen molar-refractivity contribution in [3.8, 4) is 0 Å². The monoisotopic (exact) mass is 263 g/mol. The van der Waals surface area contributed by atoms with Crippen molar-refractivity contribution < 1.29 is 57.3 Å². The number of carboxylic acid groups (broad SMARTS) is 2. The molecule has 1 radical (unpaired) electrons. The maximum Gasteiger partial charge on any atom is 2.00 e. The molecule has 0 saturated heterocycles. The Morgan fingerprint density at radius 1 is 0.800 bits per heavy atom. The molecule has 0 aromatic heterocycles. The van der Waals surface area contributed by atoms with Crippen molar-refractivity contribution in [2.45, 2.75) is 24.4 Å². The van der Waals surface area contributed by atoms with E-state index in [9.17, 15) is 19.8 Å². The Morgan fingerprint density at radius 3 is 1.13 bits per heavy atom. The van der Waals surface area contributed by atoms with Crippen LogP contribution in [0.15, 0.2) is 0 Å². The standard InChI is InChI=1S/C6H10O8.Mn/c7-1(3(9)5(11)12)2(8)4(10)6(13)14;/h1-4,7-10H,(H,11,12)(H,13,14);/q;+2/p-2/t1-,2-,3-,4+;/m0./s1. The van der Waals surface area contributed by atoms with Crippen LogP contribution in [-0.2, 0) is 26.7 Å². The number of carboxylic acids is 2. The summed E-state index contributed by atoms with van der Waals surface area (Å²) in [5.41, 5.74) is 0. The van der Waals surface area contributed by atoms with Crippen molar-refractivity contribution in [3.63, 3.8) is 0 Å². The number of aliphatic hydroxyl groups is 4. The fourth-order valence-corrected chi connectivity index (χ4v) is 0.652.